The number of rotatable bonds is 7. The Labute approximate surface area is 189 Å². The summed E-state index contributed by atoms with van der Waals surface area (Å²) in [5.41, 5.74) is 5.55. The molecule has 2 rings (SSSR count). The number of anilines is 2. The van der Waals surface area contributed by atoms with Gasteiger partial charge in [-0.15, -0.1) is 0 Å². The van der Waals surface area contributed by atoms with Crippen molar-refractivity contribution in [3.05, 3.63) is 24.0 Å². The molecule has 3 amide bonds. The number of hydrogen-bond donors (Lipinski definition) is 2. The molecule has 0 spiro atoms. The van der Waals surface area contributed by atoms with Crippen molar-refractivity contribution in [1.29, 1.82) is 0 Å². The summed E-state index contributed by atoms with van der Waals surface area (Å²) in [6, 6.07) is 2.84. The van der Waals surface area contributed by atoms with Gasteiger partial charge in [-0.1, -0.05) is 41.5 Å². The second-order valence-corrected chi connectivity index (χ2v) is 10.6. The molecule has 1 aromatic carbocycles. The van der Waals surface area contributed by atoms with E-state index in [1.165, 1.54) is 17.0 Å². The third kappa shape index (κ3) is 7.27. The fraction of sp³-hybridized carbons (Fsp3) is 0.609. The minimum absolute atomic E-state index is 0.102. The first-order valence-electron chi connectivity index (χ1n) is 10.7. The Morgan fingerprint density at radius 2 is 1.78 bits per heavy atom. The SMILES string of the molecule is CC(C)(C)CN(CC(C)(C)C)[C@@H](C(N)=O)C(=O)Nc1ccc(N2CCOCC2=O)c(F)c1. The lowest BCUT2D eigenvalue weighted by Gasteiger charge is -2.38. The Morgan fingerprint density at radius 3 is 2.25 bits per heavy atom. The Bertz CT molecular complexity index is 845. The minimum Gasteiger partial charge on any atom is -0.370 e. The van der Waals surface area contributed by atoms with Crippen molar-refractivity contribution in [2.45, 2.75) is 47.6 Å². The number of nitrogens with one attached hydrogen (secondary N) is 1. The predicted octanol–water partition coefficient (Wildman–Crippen LogP) is 2.38. The highest BCUT2D eigenvalue weighted by atomic mass is 19.1. The number of primary amides is 1. The van der Waals surface area contributed by atoms with Crippen LogP contribution < -0.4 is 16.0 Å². The largest absolute Gasteiger partial charge is 0.370 e. The highest BCUT2D eigenvalue weighted by Gasteiger charge is 2.36. The smallest absolute Gasteiger partial charge is 0.253 e. The highest BCUT2D eigenvalue weighted by Crippen LogP contribution is 2.26. The molecule has 0 bridgehead atoms. The van der Waals surface area contributed by atoms with E-state index in [-0.39, 0.29) is 41.3 Å². The van der Waals surface area contributed by atoms with Crippen LogP contribution in [0.1, 0.15) is 41.5 Å². The number of amides is 3. The van der Waals surface area contributed by atoms with Gasteiger partial charge >= 0.3 is 0 Å². The van der Waals surface area contributed by atoms with E-state index in [9.17, 15) is 18.8 Å². The molecule has 1 aliphatic rings. The van der Waals surface area contributed by atoms with Crippen LogP contribution >= 0.6 is 0 Å². The number of morpholine rings is 1. The molecular formula is C23H35FN4O4. The van der Waals surface area contributed by atoms with Crippen molar-refractivity contribution in [3.8, 4) is 0 Å². The second-order valence-electron chi connectivity index (χ2n) is 10.6. The van der Waals surface area contributed by atoms with Gasteiger partial charge in [0.2, 0.25) is 5.91 Å². The van der Waals surface area contributed by atoms with Gasteiger partial charge in [0.1, 0.15) is 12.4 Å². The Hall–Kier alpha value is -2.52. The fourth-order valence-electron chi connectivity index (χ4n) is 3.72. The van der Waals surface area contributed by atoms with E-state index in [1.54, 1.807) is 4.90 Å². The van der Waals surface area contributed by atoms with Crippen molar-refractivity contribution in [1.82, 2.24) is 4.90 Å². The monoisotopic (exact) mass is 450 g/mol. The molecule has 32 heavy (non-hydrogen) atoms. The van der Waals surface area contributed by atoms with E-state index in [2.05, 4.69) is 5.32 Å². The second kappa shape index (κ2) is 9.95. The molecule has 0 unspecified atom stereocenters. The molecule has 0 aliphatic carbocycles. The summed E-state index contributed by atoms with van der Waals surface area (Å²) >= 11 is 0. The third-order valence-corrected chi connectivity index (χ3v) is 4.73. The van der Waals surface area contributed by atoms with E-state index in [4.69, 9.17) is 10.5 Å². The fourth-order valence-corrected chi connectivity index (χ4v) is 3.72. The molecule has 0 saturated carbocycles. The van der Waals surface area contributed by atoms with Crippen LogP contribution in [0.3, 0.4) is 0 Å². The number of halogens is 1. The molecule has 1 aromatic rings. The molecule has 8 nitrogen and oxygen atoms in total. The van der Waals surface area contributed by atoms with Crippen LogP contribution in [0.25, 0.3) is 0 Å². The average Bonchev–Trinajstić information content (AvgIpc) is 2.59. The van der Waals surface area contributed by atoms with Gasteiger partial charge in [-0.2, -0.15) is 0 Å². The molecule has 178 valence electrons. The standard InChI is InChI=1S/C23H35FN4O4/c1-22(2,3)13-27(14-23(4,5)6)19(20(25)30)21(31)26-15-7-8-17(16(24)11-15)28-9-10-32-12-18(28)29/h7-8,11,19H,9-10,12-14H2,1-6H3,(H2,25,30)(H,26,31)/t19-/m0/s1. The van der Waals surface area contributed by atoms with Crippen LogP contribution in [0.15, 0.2) is 18.2 Å². The van der Waals surface area contributed by atoms with Crippen LogP contribution in [0.5, 0.6) is 0 Å². The Morgan fingerprint density at radius 1 is 1.19 bits per heavy atom. The third-order valence-electron chi connectivity index (χ3n) is 4.73. The normalized spacial score (nSPS) is 16.2. The van der Waals surface area contributed by atoms with Gasteiger partial charge in [0.05, 0.1) is 12.3 Å². The molecule has 1 atom stereocenters. The van der Waals surface area contributed by atoms with Crippen LogP contribution in [0.4, 0.5) is 15.8 Å². The molecule has 1 saturated heterocycles. The lowest BCUT2D eigenvalue weighted by Crippen LogP contribution is -2.56. The van der Waals surface area contributed by atoms with Gasteiger partial charge in [0.15, 0.2) is 6.04 Å². The summed E-state index contributed by atoms with van der Waals surface area (Å²) in [7, 11) is 0. The maximum atomic E-state index is 14.7. The molecule has 0 aromatic heterocycles. The summed E-state index contributed by atoms with van der Waals surface area (Å²) in [5.74, 6) is -2.39. The zero-order valence-electron chi connectivity index (χ0n) is 19.8. The number of hydrogen-bond acceptors (Lipinski definition) is 5. The van der Waals surface area contributed by atoms with Crippen molar-refractivity contribution < 1.29 is 23.5 Å². The van der Waals surface area contributed by atoms with Crippen LogP contribution in [0.2, 0.25) is 0 Å². The number of nitrogens with zero attached hydrogens (tertiary/aromatic N) is 2. The average molecular weight is 451 g/mol. The van der Waals surface area contributed by atoms with Crippen LogP contribution in [-0.2, 0) is 19.1 Å². The summed E-state index contributed by atoms with van der Waals surface area (Å²) in [4.78, 5) is 40.4. The zero-order valence-corrected chi connectivity index (χ0v) is 19.8. The van der Waals surface area contributed by atoms with Gasteiger partial charge in [0.25, 0.3) is 11.8 Å². The van der Waals surface area contributed by atoms with Crippen molar-refractivity contribution >= 4 is 29.1 Å². The van der Waals surface area contributed by atoms with Gasteiger partial charge in [-0.05, 0) is 29.0 Å². The van der Waals surface area contributed by atoms with Gasteiger partial charge in [-0.3, -0.25) is 19.3 Å². The number of ether oxygens (including phenoxy) is 1. The predicted molar refractivity (Wildman–Crippen MR) is 122 cm³/mol. The Balaban J connectivity index is 2.25. The topological polar surface area (TPSA) is 105 Å². The molecule has 1 heterocycles. The van der Waals surface area contributed by atoms with E-state index >= 15 is 0 Å². The quantitative estimate of drug-likeness (QED) is 0.621. The maximum Gasteiger partial charge on any atom is 0.253 e. The maximum absolute atomic E-state index is 14.7. The number of benzene rings is 1. The molecule has 1 fully saturated rings. The van der Waals surface area contributed by atoms with E-state index in [0.29, 0.717) is 19.7 Å². The molecule has 9 heteroatoms. The molecule has 3 N–H and O–H groups in total. The van der Waals surface area contributed by atoms with E-state index < -0.39 is 23.7 Å². The first-order valence-corrected chi connectivity index (χ1v) is 10.7. The van der Waals surface area contributed by atoms with Crippen LogP contribution in [-0.4, -0.2) is 61.5 Å². The van der Waals surface area contributed by atoms with Gasteiger partial charge in [-0.25, -0.2) is 4.39 Å². The lowest BCUT2D eigenvalue weighted by molar-refractivity contribution is -0.133. The van der Waals surface area contributed by atoms with Crippen LogP contribution in [0, 0.1) is 16.6 Å². The summed E-state index contributed by atoms with van der Waals surface area (Å²) in [6.07, 6.45) is 0. The summed E-state index contributed by atoms with van der Waals surface area (Å²) in [5, 5.41) is 2.61. The zero-order chi connectivity index (χ0) is 24.3. The van der Waals surface area contributed by atoms with Crippen molar-refractivity contribution in [2.24, 2.45) is 16.6 Å². The van der Waals surface area contributed by atoms with Crippen molar-refractivity contribution in [2.75, 3.05) is 43.1 Å². The first kappa shape index (κ1) is 25.7. The van der Waals surface area contributed by atoms with Gasteiger partial charge in [0, 0.05) is 25.3 Å². The van der Waals surface area contributed by atoms with Gasteiger partial charge < -0.3 is 20.7 Å². The Kier molecular flexibility index (Phi) is 8.01. The first-order chi connectivity index (χ1) is 14.7. The summed E-state index contributed by atoms with van der Waals surface area (Å²) < 4.78 is 19.8. The number of carbonyl (C=O) groups is 3. The van der Waals surface area contributed by atoms with E-state index in [0.717, 1.165) is 6.07 Å². The van der Waals surface area contributed by atoms with E-state index in [1.807, 2.05) is 41.5 Å². The lowest BCUT2D eigenvalue weighted by atomic mass is 9.90. The highest BCUT2D eigenvalue weighted by molar-refractivity contribution is 6.09. The molecular weight excluding hydrogens is 415 g/mol. The summed E-state index contributed by atoms with van der Waals surface area (Å²) in [6.45, 7) is 13.5. The van der Waals surface area contributed by atoms with Crippen molar-refractivity contribution in [3.63, 3.8) is 0 Å². The minimum atomic E-state index is -1.21. The number of nitrogens with two attached hydrogens (primary N) is 1. The number of carbonyl (C=O) groups excluding carboxylic acids is 3. The molecule has 1 aliphatic heterocycles. The molecule has 0 radical (unpaired) electrons.